The molecule has 0 atom stereocenters. The predicted octanol–water partition coefficient (Wildman–Crippen LogP) is 4.59. The Hall–Kier alpha value is -2.33. The molecule has 1 N–H and O–H groups in total. The first kappa shape index (κ1) is 13.3. The topological polar surface area (TPSA) is 34.2 Å². The summed E-state index contributed by atoms with van der Waals surface area (Å²) in [7, 11) is 0. The van der Waals surface area contributed by atoms with Gasteiger partial charge in [0.15, 0.2) is 0 Å². The summed E-state index contributed by atoms with van der Waals surface area (Å²) in [5, 5.41) is 4.45. The summed E-state index contributed by atoms with van der Waals surface area (Å²) >= 11 is 1.74. The van der Waals surface area contributed by atoms with Crippen molar-refractivity contribution >= 4 is 17.0 Å². The van der Waals surface area contributed by atoms with E-state index in [4.69, 9.17) is 9.72 Å². The average molecular weight is 308 g/mol. The summed E-state index contributed by atoms with van der Waals surface area (Å²) in [6.07, 6.45) is 0. The van der Waals surface area contributed by atoms with Crippen LogP contribution in [0.2, 0.25) is 0 Å². The number of ether oxygens (including phenoxy) is 1. The molecule has 0 bridgehead atoms. The molecule has 0 aliphatic carbocycles. The van der Waals surface area contributed by atoms with Crippen molar-refractivity contribution < 1.29 is 4.74 Å². The highest BCUT2D eigenvalue weighted by Crippen LogP contribution is 2.37. The Bertz CT molecular complexity index is 811. The largest absolute Gasteiger partial charge is 0.490 e. The maximum atomic E-state index is 5.64. The first-order chi connectivity index (χ1) is 10.8. The molecule has 110 valence electrons. The lowest BCUT2D eigenvalue weighted by Gasteiger charge is -2.19. The van der Waals surface area contributed by atoms with Gasteiger partial charge in [-0.05, 0) is 25.1 Å². The molecule has 1 aliphatic heterocycles. The summed E-state index contributed by atoms with van der Waals surface area (Å²) in [6.45, 7) is 3.70. The zero-order valence-corrected chi connectivity index (χ0v) is 13.1. The van der Waals surface area contributed by atoms with E-state index in [1.807, 2.05) is 24.3 Å². The van der Waals surface area contributed by atoms with Crippen LogP contribution < -0.4 is 10.1 Å². The Labute approximate surface area is 133 Å². The van der Waals surface area contributed by atoms with Crippen molar-refractivity contribution in [2.45, 2.75) is 6.92 Å². The lowest BCUT2D eigenvalue weighted by Crippen LogP contribution is -2.17. The Morgan fingerprint density at radius 3 is 2.82 bits per heavy atom. The van der Waals surface area contributed by atoms with E-state index in [2.05, 4.69) is 36.5 Å². The Morgan fingerprint density at radius 2 is 1.95 bits per heavy atom. The van der Waals surface area contributed by atoms with E-state index >= 15 is 0 Å². The van der Waals surface area contributed by atoms with E-state index in [1.165, 1.54) is 10.4 Å². The number of nitrogens with zero attached hydrogens (tertiary/aromatic N) is 1. The zero-order valence-electron chi connectivity index (χ0n) is 12.3. The number of fused-ring (bicyclic) bond motifs is 1. The van der Waals surface area contributed by atoms with E-state index < -0.39 is 0 Å². The van der Waals surface area contributed by atoms with Crippen LogP contribution in [0.3, 0.4) is 0 Å². The van der Waals surface area contributed by atoms with Crippen molar-refractivity contribution in [1.29, 1.82) is 0 Å². The molecule has 2 aromatic carbocycles. The first-order valence-corrected chi connectivity index (χ1v) is 8.17. The molecule has 0 saturated heterocycles. The smallest absolute Gasteiger partial charge is 0.142 e. The summed E-state index contributed by atoms with van der Waals surface area (Å²) in [4.78, 5) is 6.08. The van der Waals surface area contributed by atoms with Crippen LogP contribution >= 0.6 is 11.3 Å². The minimum atomic E-state index is 0.722. The van der Waals surface area contributed by atoms with E-state index in [-0.39, 0.29) is 0 Å². The summed E-state index contributed by atoms with van der Waals surface area (Å²) in [5.74, 6) is 0.922. The van der Waals surface area contributed by atoms with Crippen molar-refractivity contribution in [3.63, 3.8) is 0 Å². The van der Waals surface area contributed by atoms with E-state index in [0.717, 1.165) is 40.9 Å². The van der Waals surface area contributed by atoms with Gasteiger partial charge in [0.25, 0.3) is 0 Å². The van der Waals surface area contributed by atoms with Crippen molar-refractivity contribution in [1.82, 2.24) is 4.98 Å². The number of anilines is 1. The number of aryl methyl sites for hydroxylation is 1. The molecule has 22 heavy (non-hydrogen) atoms. The molecule has 0 spiro atoms. The molecule has 0 amide bonds. The average Bonchev–Trinajstić information content (AvgIpc) is 2.97. The molecule has 4 heteroatoms. The van der Waals surface area contributed by atoms with Crippen molar-refractivity contribution in [3.8, 4) is 27.6 Å². The number of thiazole rings is 1. The number of rotatable bonds is 2. The molecule has 2 heterocycles. The third kappa shape index (κ3) is 2.35. The lowest BCUT2D eigenvalue weighted by molar-refractivity contribution is 0.323. The first-order valence-electron chi connectivity index (χ1n) is 7.35. The molecule has 0 saturated carbocycles. The van der Waals surface area contributed by atoms with Gasteiger partial charge in [-0.1, -0.05) is 30.3 Å². The van der Waals surface area contributed by atoms with Crippen molar-refractivity contribution in [3.05, 3.63) is 53.4 Å². The van der Waals surface area contributed by atoms with Crippen molar-refractivity contribution in [2.75, 3.05) is 18.5 Å². The molecule has 3 aromatic rings. The maximum Gasteiger partial charge on any atom is 0.142 e. The molecule has 4 rings (SSSR count). The Morgan fingerprint density at radius 1 is 1.09 bits per heavy atom. The lowest BCUT2D eigenvalue weighted by atomic mass is 10.1. The monoisotopic (exact) mass is 308 g/mol. The van der Waals surface area contributed by atoms with Gasteiger partial charge in [-0.3, -0.25) is 0 Å². The van der Waals surface area contributed by atoms with Gasteiger partial charge in [-0.2, -0.15) is 0 Å². The highest BCUT2D eigenvalue weighted by molar-refractivity contribution is 7.15. The van der Waals surface area contributed by atoms with Crippen LogP contribution in [0.1, 0.15) is 4.88 Å². The van der Waals surface area contributed by atoms with E-state index in [0.29, 0.717) is 0 Å². The zero-order chi connectivity index (χ0) is 14.9. The molecule has 0 fully saturated rings. The van der Waals surface area contributed by atoms with Crippen LogP contribution in [0, 0.1) is 6.92 Å². The molecule has 0 unspecified atom stereocenters. The minimum absolute atomic E-state index is 0.722. The van der Waals surface area contributed by atoms with Crippen LogP contribution in [-0.4, -0.2) is 18.1 Å². The number of hydrogen-bond donors (Lipinski definition) is 1. The molecular formula is C18H16N2OS. The van der Waals surface area contributed by atoms with Gasteiger partial charge in [0, 0.05) is 22.5 Å². The Balaban J connectivity index is 1.75. The second kappa shape index (κ2) is 5.46. The van der Waals surface area contributed by atoms with Gasteiger partial charge in [-0.25, -0.2) is 4.98 Å². The molecular weight excluding hydrogens is 292 g/mol. The second-order valence-corrected chi connectivity index (χ2v) is 6.48. The standard InChI is InChI=1S/C18H16N2OS/c1-12-17(20-18(22-12)13-5-3-2-4-6-13)14-7-8-16-15(11-14)19-9-10-21-16/h2-8,11,19H,9-10H2,1H3. The van der Waals surface area contributed by atoms with Crippen LogP contribution in [-0.2, 0) is 0 Å². The van der Waals surface area contributed by atoms with E-state index in [1.54, 1.807) is 11.3 Å². The van der Waals surface area contributed by atoms with Gasteiger partial charge in [0.05, 0.1) is 11.4 Å². The number of aromatic nitrogens is 1. The SMILES string of the molecule is Cc1sc(-c2ccccc2)nc1-c1ccc2c(c1)NCCO2. The van der Waals surface area contributed by atoms with Gasteiger partial charge in [-0.15, -0.1) is 11.3 Å². The van der Waals surface area contributed by atoms with Gasteiger partial charge < -0.3 is 10.1 Å². The third-order valence-corrected chi connectivity index (χ3v) is 4.77. The highest BCUT2D eigenvalue weighted by atomic mass is 32.1. The van der Waals surface area contributed by atoms with Crippen LogP contribution in [0.15, 0.2) is 48.5 Å². The maximum absolute atomic E-state index is 5.64. The molecule has 3 nitrogen and oxygen atoms in total. The summed E-state index contributed by atoms with van der Waals surface area (Å²) < 4.78 is 5.64. The fourth-order valence-electron chi connectivity index (χ4n) is 2.66. The van der Waals surface area contributed by atoms with Gasteiger partial charge >= 0.3 is 0 Å². The predicted molar refractivity (Wildman–Crippen MR) is 91.7 cm³/mol. The summed E-state index contributed by atoms with van der Waals surface area (Å²) in [5.41, 5.74) is 4.41. The number of hydrogen-bond acceptors (Lipinski definition) is 4. The second-order valence-electron chi connectivity index (χ2n) is 5.28. The normalized spacial score (nSPS) is 13.1. The third-order valence-electron chi connectivity index (χ3n) is 3.75. The van der Waals surface area contributed by atoms with Gasteiger partial charge in [0.2, 0.25) is 0 Å². The summed E-state index contributed by atoms with van der Waals surface area (Å²) in [6, 6.07) is 16.6. The Kier molecular flexibility index (Phi) is 3.31. The fourth-order valence-corrected chi connectivity index (χ4v) is 3.60. The number of benzene rings is 2. The quantitative estimate of drug-likeness (QED) is 0.752. The van der Waals surface area contributed by atoms with E-state index in [9.17, 15) is 0 Å². The van der Waals surface area contributed by atoms with Crippen LogP contribution in [0.5, 0.6) is 5.75 Å². The minimum Gasteiger partial charge on any atom is -0.490 e. The van der Waals surface area contributed by atoms with Crippen LogP contribution in [0.25, 0.3) is 21.8 Å². The van der Waals surface area contributed by atoms with Gasteiger partial charge in [0.1, 0.15) is 17.4 Å². The fraction of sp³-hybridized carbons (Fsp3) is 0.167. The molecule has 0 radical (unpaired) electrons. The van der Waals surface area contributed by atoms with Crippen LogP contribution in [0.4, 0.5) is 5.69 Å². The molecule has 1 aliphatic rings. The molecule has 1 aromatic heterocycles. The highest BCUT2D eigenvalue weighted by Gasteiger charge is 2.15. The van der Waals surface area contributed by atoms with Crippen molar-refractivity contribution in [2.24, 2.45) is 0 Å². The number of nitrogens with one attached hydrogen (secondary N) is 1.